The molecule has 1 saturated heterocycles. The van der Waals surface area contributed by atoms with Crippen molar-refractivity contribution in [2.24, 2.45) is 0 Å². The molecule has 9 heteroatoms. The molecule has 2 aromatic rings. The lowest BCUT2D eigenvalue weighted by Gasteiger charge is -2.39. The van der Waals surface area contributed by atoms with Gasteiger partial charge in [0, 0.05) is 24.2 Å². The molecule has 1 aromatic carbocycles. The molecule has 172 valence electrons. The molecule has 9 nitrogen and oxygen atoms in total. The maximum Gasteiger partial charge on any atom is 0.239 e. The van der Waals surface area contributed by atoms with E-state index in [2.05, 4.69) is 5.10 Å². The topological polar surface area (TPSA) is 126 Å². The molecule has 1 aliphatic heterocycles. The summed E-state index contributed by atoms with van der Waals surface area (Å²) >= 11 is 0. The Balaban J connectivity index is 1.83. The fourth-order valence-corrected chi connectivity index (χ4v) is 3.60. The summed E-state index contributed by atoms with van der Waals surface area (Å²) in [5.74, 6) is 1.06. The average molecular weight is 437 g/mol. The lowest BCUT2D eigenvalue weighted by Crippen LogP contribution is -2.60. The molecule has 0 unspecified atom stereocenters. The van der Waals surface area contributed by atoms with Gasteiger partial charge in [0.05, 0.1) is 12.7 Å². The first-order valence-corrected chi connectivity index (χ1v) is 10.5. The van der Waals surface area contributed by atoms with Gasteiger partial charge < -0.3 is 34.6 Å². The molecule has 1 aromatic heterocycles. The molecule has 4 N–H and O–H groups in total. The highest BCUT2D eigenvalue weighted by molar-refractivity contribution is 5.38. The summed E-state index contributed by atoms with van der Waals surface area (Å²) < 4.78 is 18.8. The minimum atomic E-state index is -1.51. The van der Waals surface area contributed by atoms with Crippen LogP contribution < -0.4 is 9.47 Å². The molecule has 2 heterocycles. The van der Waals surface area contributed by atoms with Crippen molar-refractivity contribution in [2.75, 3.05) is 6.61 Å². The van der Waals surface area contributed by atoms with Crippen molar-refractivity contribution >= 4 is 0 Å². The second-order valence-electron chi connectivity index (χ2n) is 7.99. The zero-order valence-corrected chi connectivity index (χ0v) is 18.3. The minimum absolute atomic E-state index is 0.0921. The van der Waals surface area contributed by atoms with Crippen LogP contribution >= 0.6 is 0 Å². The van der Waals surface area contributed by atoms with Crippen molar-refractivity contribution in [1.82, 2.24) is 9.78 Å². The first kappa shape index (κ1) is 23.5. The lowest BCUT2D eigenvalue weighted by atomic mass is 9.99. The molecular formula is C22H32N2O7. The highest BCUT2D eigenvalue weighted by atomic mass is 16.7. The van der Waals surface area contributed by atoms with Gasteiger partial charge in [-0.2, -0.15) is 0 Å². The molecule has 0 aliphatic carbocycles. The number of hydrogen-bond donors (Lipinski definition) is 4. The third kappa shape index (κ3) is 5.19. The highest BCUT2D eigenvalue weighted by Crippen LogP contribution is 2.29. The van der Waals surface area contributed by atoms with Gasteiger partial charge in [0.15, 0.2) is 0 Å². The smallest absolute Gasteiger partial charge is 0.239 e. The summed E-state index contributed by atoms with van der Waals surface area (Å²) in [4.78, 5) is 0. The Labute approximate surface area is 181 Å². The standard InChI is InChI=1S/C22H32N2O7/c1-5-24-13(4)16(10-14-6-8-15(9-7-14)29-12(2)3)21(23-24)31-22-20(28)19(27)18(26)17(11-25)30-22/h6-9,12,17-20,22,25-28H,5,10-11H2,1-4H3/t17-,18-,19+,20-,22+/m1/s1. The van der Waals surface area contributed by atoms with E-state index < -0.39 is 37.3 Å². The molecule has 0 bridgehead atoms. The predicted molar refractivity (Wildman–Crippen MR) is 112 cm³/mol. The van der Waals surface area contributed by atoms with Crippen molar-refractivity contribution in [2.45, 2.75) is 77.5 Å². The SMILES string of the molecule is CCn1nc(O[C@@H]2O[C@H](CO)[C@@H](O)[C@H](O)[C@H]2O)c(Cc2ccc(OC(C)C)cc2)c1C. The van der Waals surface area contributed by atoms with Crippen LogP contribution in [0.4, 0.5) is 0 Å². The van der Waals surface area contributed by atoms with Gasteiger partial charge in [0.1, 0.15) is 30.2 Å². The third-order valence-corrected chi connectivity index (χ3v) is 5.35. The van der Waals surface area contributed by atoms with Crippen molar-refractivity contribution in [3.8, 4) is 11.6 Å². The third-order valence-electron chi connectivity index (χ3n) is 5.35. The number of rotatable bonds is 8. The summed E-state index contributed by atoms with van der Waals surface area (Å²) in [6.45, 7) is 7.93. The van der Waals surface area contributed by atoms with E-state index in [9.17, 15) is 20.4 Å². The van der Waals surface area contributed by atoms with E-state index in [0.29, 0.717) is 13.0 Å². The molecule has 3 rings (SSSR count). The van der Waals surface area contributed by atoms with Crippen LogP contribution in [0.2, 0.25) is 0 Å². The summed E-state index contributed by atoms with van der Waals surface area (Å²) in [6.07, 6.45) is -6.16. The first-order chi connectivity index (χ1) is 14.7. The molecule has 0 amide bonds. The average Bonchev–Trinajstić information content (AvgIpc) is 3.04. The molecule has 31 heavy (non-hydrogen) atoms. The minimum Gasteiger partial charge on any atom is -0.491 e. The molecule has 0 radical (unpaired) electrons. The Hall–Kier alpha value is -2.17. The van der Waals surface area contributed by atoms with Crippen LogP contribution in [0.3, 0.4) is 0 Å². The second-order valence-corrected chi connectivity index (χ2v) is 7.99. The van der Waals surface area contributed by atoms with Crippen LogP contribution in [0.25, 0.3) is 0 Å². The Bertz CT molecular complexity index is 850. The molecular weight excluding hydrogens is 404 g/mol. The zero-order chi connectivity index (χ0) is 22.7. The first-order valence-electron chi connectivity index (χ1n) is 10.5. The van der Waals surface area contributed by atoms with E-state index in [0.717, 1.165) is 22.6 Å². The van der Waals surface area contributed by atoms with E-state index in [1.54, 1.807) is 4.68 Å². The number of aliphatic hydroxyl groups is 4. The summed E-state index contributed by atoms with van der Waals surface area (Å²) in [6, 6.07) is 7.76. The Morgan fingerprint density at radius 3 is 2.35 bits per heavy atom. The summed E-state index contributed by atoms with van der Waals surface area (Å²) in [5, 5.41) is 44.2. The molecule has 0 saturated carbocycles. The maximum absolute atomic E-state index is 10.3. The Kier molecular flexibility index (Phi) is 7.55. The maximum atomic E-state index is 10.3. The van der Waals surface area contributed by atoms with Gasteiger partial charge >= 0.3 is 0 Å². The van der Waals surface area contributed by atoms with Crippen LogP contribution in [-0.2, 0) is 17.7 Å². The van der Waals surface area contributed by atoms with E-state index in [1.807, 2.05) is 52.0 Å². The molecule has 5 atom stereocenters. The molecule has 1 aliphatic rings. The number of nitrogens with zero attached hydrogens (tertiary/aromatic N) is 2. The van der Waals surface area contributed by atoms with Crippen LogP contribution in [0, 0.1) is 6.92 Å². The van der Waals surface area contributed by atoms with Crippen molar-refractivity contribution < 1.29 is 34.6 Å². The van der Waals surface area contributed by atoms with Crippen LogP contribution in [0.5, 0.6) is 11.6 Å². The van der Waals surface area contributed by atoms with Crippen molar-refractivity contribution in [1.29, 1.82) is 0 Å². The number of aryl methyl sites for hydroxylation is 1. The van der Waals surface area contributed by atoms with Crippen LogP contribution in [0.15, 0.2) is 24.3 Å². The fourth-order valence-electron chi connectivity index (χ4n) is 3.60. The number of hydrogen-bond acceptors (Lipinski definition) is 8. The summed E-state index contributed by atoms with van der Waals surface area (Å²) in [7, 11) is 0. The van der Waals surface area contributed by atoms with Gasteiger partial charge in [0.2, 0.25) is 12.2 Å². The monoisotopic (exact) mass is 436 g/mol. The van der Waals surface area contributed by atoms with E-state index in [4.69, 9.17) is 14.2 Å². The van der Waals surface area contributed by atoms with Crippen molar-refractivity contribution in [3.05, 3.63) is 41.1 Å². The number of aromatic nitrogens is 2. The van der Waals surface area contributed by atoms with Gasteiger partial charge in [-0.25, -0.2) is 0 Å². The van der Waals surface area contributed by atoms with Crippen LogP contribution in [-0.4, -0.2) is 73.6 Å². The van der Waals surface area contributed by atoms with Gasteiger partial charge in [-0.05, 0) is 45.4 Å². The Morgan fingerprint density at radius 2 is 1.77 bits per heavy atom. The van der Waals surface area contributed by atoms with Crippen molar-refractivity contribution in [3.63, 3.8) is 0 Å². The lowest BCUT2D eigenvalue weighted by molar-refractivity contribution is -0.278. The van der Waals surface area contributed by atoms with E-state index >= 15 is 0 Å². The fraction of sp³-hybridized carbons (Fsp3) is 0.591. The van der Waals surface area contributed by atoms with Gasteiger partial charge in [-0.3, -0.25) is 4.68 Å². The molecule has 0 spiro atoms. The van der Waals surface area contributed by atoms with Gasteiger partial charge in [0.25, 0.3) is 0 Å². The van der Waals surface area contributed by atoms with E-state index in [-0.39, 0.29) is 12.0 Å². The highest BCUT2D eigenvalue weighted by Gasteiger charge is 2.45. The largest absolute Gasteiger partial charge is 0.491 e. The second kappa shape index (κ2) is 9.97. The number of benzene rings is 1. The Morgan fingerprint density at radius 1 is 1.10 bits per heavy atom. The van der Waals surface area contributed by atoms with Gasteiger partial charge in [-0.1, -0.05) is 12.1 Å². The zero-order valence-electron chi connectivity index (χ0n) is 18.3. The van der Waals surface area contributed by atoms with Crippen LogP contribution in [0.1, 0.15) is 37.6 Å². The number of ether oxygens (including phenoxy) is 3. The number of aliphatic hydroxyl groups excluding tert-OH is 4. The summed E-state index contributed by atoms with van der Waals surface area (Å²) in [5.41, 5.74) is 2.74. The molecule has 1 fully saturated rings. The predicted octanol–water partition coefficient (Wildman–Crippen LogP) is 0.768. The normalized spacial score (nSPS) is 26.3. The quantitative estimate of drug-likeness (QED) is 0.478. The van der Waals surface area contributed by atoms with Gasteiger partial charge in [-0.15, -0.1) is 5.10 Å². The van der Waals surface area contributed by atoms with E-state index in [1.165, 1.54) is 0 Å².